The summed E-state index contributed by atoms with van der Waals surface area (Å²) in [5.41, 5.74) is 0.981. The van der Waals surface area contributed by atoms with E-state index >= 15 is 0 Å². The number of benzene rings is 1. The molecule has 1 atom stereocenters. The Bertz CT molecular complexity index is 457. The fourth-order valence-electron chi connectivity index (χ4n) is 1.83. The second-order valence-electron chi connectivity index (χ2n) is 4.24. The summed E-state index contributed by atoms with van der Waals surface area (Å²) >= 11 is 7.02. The molecule has 112 valence electrons. The van der Waals surface area contributed by atoms with Gasteiger partial charge in [-0.15, -0.1) is 0 Å². The van der Waals surface area contributed by atoms with E-state index in [1.165, 1.54) is 0 Å². The lowest BCUT2D eigenvalue weighted by atomic mass is 10.1. The van der Waals surface area contributed by atoms with Gasteiger partial charge in [-0.1, -0.05) is 31.9 Å². The van der Waals surface area contributed by atoms with E-state index in [1.54, 1.807) is 0 Å². The third-order valence-electron chi connectivity index (χ3n) is 2.76. The molecule has 0 saturated carbocycles. The third kappa shape index (κ3) is 4.30. The van der Waals surface area contributed by atoms with E-state index in [4.69, 9.17) is 14.2 Å². The molecule has 1 aromatic carbocycles. The third-order valence-corrected chi connectivity index (χ3v) is 4.40. The number of ether oxygens (including phenoxy) is 3. The molecule has 1 unspecified atom stereocenters. The number of halogens is 4. The zero-order valence-electron chi connectivity index (χ0n) is 10.6. The second kappa shape index (κ2) is 7.56. The molecule has 0 fully saturated rings. The van der Waals surface area contributed by atoms with Gasteiger partial charge in [-0.25, -0.2) is 8.78 Å². The molecule has 1 aromatic rings. The predicted octanol–water partition coefficient (Wildman–Crippen LogP) is 4.33. The van der Waals surface area contributed by atoms with Crippen molar-refractivity contribution in [3.8, 4) is 11.5 Å². The highest BCUT2D eigenvalue weighted by atomic mass is 79.9. The van der Waals surface area contributed by atoms with Crippen LogP contribution in [0.25, 0.3) is 0 Å². The summed E-state index contributed by atoms with van der Waals surface area (Å²) in [6.07, 6.45) is -1.84. The molecule has 20 heavy (non-hydrogen) atoms. The van der Waals surface area contributed by atoms with Crippen molar-refractivity contribution >= 4 is 31.9 Å². The second-order valence-corrected chi connectivity index (χ2v) is 6.20. The molecule has 7 heteroatoms. The van der Waals surface area contributed by atoms with Gasteiger partial charge in [-0.05, 0) is 24.1 Å². The van der Waals surface area contributed by atoms with Gasteiger partial charge in [0.05, 0.1) is 0 Å². The number of fused-ring (bicyclic) bond motifs is 1. The molecule has 0 spiro atoms. The van der Waals surface area contributed by atoms with Crippen LogP contribution in [0.15, 0.2) is 16.6 Å². The molecule has 0 aliphatic carbocycles. The van der Waals surface area contributed by atoms with Crippen LogP contribution in [0.2, 0.25) is 0 Å². The molecule has 0 saturated heterocycles. The highest BCUT2D eigenvalue weighted by Gasteiger charge is 2.19. The molecule has 0 aromatic heterocycles. The molecular weight excluding hydrogens is 402 g/mol. The van der Waals surface area contributed by atoms with Gasteiger partial charge in [0.15, 0.2) is 11.5 Å². The van der Waals surface area contributed by atoms with Gasteiger partial charge < -0.3 is 14.2 Å². The molecule has 3 nitrogen and oxygen atoms in total. The summed E-state index contributed by atoms with van der Waals surface area (Å²) in [5.74, 6) is 1.41. The highest BCUT2D eigenvalue weighted by molar-refractivity contribution is 9.11. The minimum Gasteiger partial charge on any atom is -0.486 e. The first-order valence-corrected chi connectivity index (χ1v) is 7.88. The zero-order valence-corrected chi connectivity index (χ0v) is 13.8. The number of hydrogen-bond acceptors (Lipinski definition) is 3. The zero-order chi connectivity index (χ0) is 14.5. The standard InChI is InChI=1S/C13H14Br2F2O3/c14-9(1-2-18-7-13(16)17)8-5-11-12(6-10(8)15)20-4-3-19-11/h5-6,9,13H,1-4,7H2. The minimum absolute atomic E-state index is 0.00891. The monoisotopic (exact) mass is 414 g/mol. The average Bonchev–Trinajstić information content (AvgIpc) is 2.42. The highest BCUT2D eigenvalue weighted by Crippen LogP contribution is 2.41. The average molecular weight is 416 g/mol. The van der Waals surface area contributed by atoms with Gasteiger partial charge in [-0.2, -0.15) is 0 Å². The van der Waals surface area contributed by atoms with Crippen LogP contribution in [0.3, 0.4) is 0 Å². The van der Waals surface area contributed by atoms with Crippen molar-refractivity contribution < 1.29 is 23.0 Å². The maximum Gasteiger partial charge on any atom is 0.261 e. The van der Waals surface area contributed by atoms with E-state index in [1.807, 2.05) is 12.1 Å². The molecular formula is C13H14Br2F2O3. The van der Waals surface area contributed by atoms with E-state index in [-0.39, 0.29) is 11.4 Å². The Morgan fingerprint density at radius 1 is 1.20 bits per heavy atom. The van der Waals surface area contributed by atoms with Crippen molar-refractivity contribution in [1.82, 2.24) is 0 Å². The lowest BCUT2D eigenvalue weighted by Crippen LogP contribution is -2.15. The summed E-state index contributed by atoms with van der Waals surface area (Å²) in [5, 5.41) is 0. The SMILES string of the molecule is FC(F)COCCC(Br)c1cc2c(cc1Br)OCCO2. The van der Waals surface area contributed by atoms with E-state index in [0.717, 1.165) is 10.0 Å². The topological polar surface area (TPSA) is 27.7 Å². The normalized spacial score (nSPS) is 15.4. The maximum atomic E-state index is 12.0. The van der Waals surface area contributed by atoms with E-state index in [9.17, 15) is 8.78 Å². The molecule has 1 aliphatic heterocycles. The van der Waals surface area contributed by atoms with E-state index < -0.39 is 13.0 Å². The summed E-state index contributed by atoms with van der Waals surface area (Å²) < 4.78 is 40.7. The number of alkyl halides is 3. The predicted molar refractivity (Wildman–Crippen MR) is 78.2 cm³/mol. The Morgan fingerprint density at radius 2 is 1.85 bits per heavy atom. The lowest BCUT2D eigenvalue weighted by molar-refractivity contribution is 0.0167. The van der Waals surface area contributed by atoms with Crippen LogP contribution >= 0.6 is 31.9 Å². The number of hydrogen-bond donors (Lipinski definition) is 0. The Morgan fingerprint density at radius 3 is 2.50 bits per heavy atom. The molecule has 1 heterocycles. The summed E-state index contributed by atoms with van der Waals surface area (Å²) in [6, 6.07) is 3.75. The van der Waals surface area contributed by atoms with Crippen LogP contribution in [-0.2, 0) is 4.74 Å². The quantitative estimate of drug-likeness (QED) is 0.511. The maximum absolute atomic E-state index is 12.0. The van der Waals surface area contributed by atoms with Gasteiger partial charge in [0, 0.05) is 15.9 Å². The van der Waals surface area contributed by atoms with Crippen LogP contribution in [0.5, 0.6) is 11.5 Å². The van der Waals surface area contributed by atoms with Gasteiger partial charge in [-0.3, -0.25) is 0 Å². The first kappa shape index (κ1) is 16.0. The van der Waals surface area contributed by atoms with Gasteiger partial charge >= 0.3 is 0 Å². The Balaban J connectivity index is 1.97. The van der Waals surface area contributed by atoms with Gasteiger partial charge in [0.25, 0.3) is 6.43 Å². The van der Waals surface area contributed by atoms with Gasteiger partial charge in [0.2, 0.25) is 0 Å². The van der Waals surface area contributed by atoms with Crippen molar-refractivity contribution in [2.45, 2.75) is 17.7 Å². The largest absolute Gasteiger partial charge is 0.486 e. The van der Waals surface area contributed by atoms with Crippen LogP contribution in [0.4, 0.5) is 8.78 Å². The van der Waals surface area contributed by atoms with Crippen molar-refractivity contribution in [2.24, 2.45) is 0 Å². The Kier molecular flexibility index (Phi) is 6.04. The molecule has 2 rings (SSSR count). The van der Waals surface area contributed by atoms with Crippen molar-refractivity contribution in [2.75, 3.05) is 26.4 Å². The summed E-state index contributed by atoms with van der Waals surface area (Å²) in [6.45, 7) is 0.805. The molecule has 1 aliphatic rings. The Hall–Kier alpha value is -0.400. The van der Waals surface area contributed by atoms with E-state index in [0.29, 0.717) is 31.1 Å². The summed E-state index contributed by atoms with van der Waals surface area (Å²) in [4.78, 5) is -0.00891. The molecule has 0 N–H and O–H groups in total. The van der Waals surface area contributed by atoms with Crippen molar-refractivity contribution in [1.29, 1.82) is 0 Å². The van der Waals surface area contributed by atoms with Gasteiger partial charge in [0.1, 0.15) is 19.8 Å². The van der Waals surface area contributed by atoms with Crippen molar-refractivity contribution in [3.05, 3.63) is 22.2 Å². The summed E-state index contributed by atoms with van der Waals surface area (Å²) in [7, 11) is 0. The van der Waals surface area contributed by atoms with Crippen LogP contribution in [0, 0.1) is 0 Å². The molecule has 0 bridgehead atoms. The molecule has 0 amide bonds. The number of rotatable bonds is 6. The minimum atomic E-state index is -2.43. The molecule has 0 radical (unpaired) electrons. The fourth-order valence-corrected chi connectivity index (χ4v) is 3.31. The fraction of sp³-hybridized carbons (Fsp3) is 0.538. The lowest BCUT2D eigenvalue weighted by Gasteiger charge is -2.21. The van der Waals surface area contributed by atoms with Crippen molar-refractivity contribution in [3.63, 3.8) is 0 Å². The first-order valence-electron chi connectivity index (χ1n) is 6.17. The smallest absolute Gasteiger partial charge is 0.261 e. The van der Waals surface area contributed by atoms with Crippen LogP contribution < -0.4 is 9.47 Å². The van der Waals surface area contributed by atoms with Crippen LogP contribution in [0.1, 0.15) is 16.8 Å². The van der Waals surface area contributed by atoms with Crippen LogP contribution in [-0.4, -0.2) is 32.9 Å². The Labute approximate surface area is 132 Å². The first-order chi connectivity index (χ1) is 9.58. The van der Waals surface area contributed by atoms with E-state index in [2.05, 4.69) is 31.9 Å².